The fourth-order valence-electron chi connectivity index (χ4n) is 2.70. The SMILES string of the molecule is CCNC(CC1=CCCCC1)c1ccc(F)c(F)c1F. The molecule has 0 amide bonds. The van der Waals surface area contributed by atoms with Crippen molar-refractivity contribution in [1.82, 2.24) is 5.32 Å². The molecule has 1 N–H and O–H groups in total. The molecular formula is C16H20F3N. The maximum absolute atomic E-state index is 13.9. The van der Waals surface area contributed by atoms with Gasteiger partial charge in [-0.2, -0.15) is 0 Å². The smallest absolute Gasteiger partial charge is 0.194 e. The highest BCUT2D eigenvalue weighted by molar-refractivity contribution is 5.25. The molecule has 0 bridgehead atoms. The lowest BCUT2D eigenvalue weighted by molar-refractivity contribution is 0.423. The van der Waals surface area contributed by atoms with Gasteiger partial charge in [-0.05, 0) is 44.7 Å². The minimum absolute atomic E-state index is 0.206. The predicted molar refractivity (Wildman–Crippen MR) is 73.9 cm³/mol. The van der Waals surface area contributed by atoms with Crippen molar-refractivity contribution in [3.8, 4) is 0 Å². The van der Waals surface area contributed by atoms with Gasteiger partial charge in [0.2, 0.25) is 0 Å². The van der Waals surface area contributed by atoms with E-state index in [9.17, 15) is 13.2 Å². The predicted octanol–water partition coefficient (Wildman–Crippen LogP) is 4.65. The molecule has 0 radical (unpaired) electrons. The number of hydrogen-bond acceptors (Lipinski definition) is 1. The van der Waals surface area contributed by atoms with Gasteiger partial charge in [-0.15, -0.1) is 0 Å². The summed E-state index contributed by atoms with van der Waals surface area (Å²) in [5.41, 5.74) is 1.48. The van der Waals surface area contributed by atoms with Crippen LogP contribution in [0, 0.1) is 17.5 Å². The zero-order chi connectivity index (χ0) is 14.5. The minimum atomic E-state index is -1.39. The van der Waals surface area contributed by atoms with Crippen molar-refractivity contribution in [1.29, 1.82) is 0 Å². The molecule has 0 heterocycles. The lowest BCUT2D eigenvalue weighted by Crippen LogP contribution is -2.23. The second kappa shape index (κ2) is 6.93. The molecule has 0 saturated carbocycles. The number of benzene rings is 1. The summed E-state index contributed by atoms with van der Waals surface area (Å²) in [6.45, 7) is 2.57. The average Bonchev–Trinajstić information content (AvgIpc) is 2.46. The third kappa shape index (κ3) is 3.42. The Labute approximate surface area is 117 Å². The Bertz CT molecular complexity index is 497. The first-order chi connectivity index (χ1) is 9.63. The standard InChI is InChI=1S/C16H20F3N/c1-2-20-14(10-11-6-4-3-5-7-11)12-8-9-13(17)16(19)15(12)18/h6,8-9,14,20H,2-5,7,10H2,1H3. The molecule has 0 aromatic heterocycles. The van der Waals surface area contributed by atoms with Crippen molar-refractivity contribution < 1.29 is 13.2 Å². The first kappa shape index (κ1) is 15.1. The fraction of sp³-hybridized carbons (Fsp3) is 0.500. The summed E-state index contributed by atoms with van der Waals surface area (Å²) in [5.74, 6) is -3.60. The Morgan fingerprint density at radius 1 is 1.15 bits per heavy atom. The highest BCUT2D eigenvalue weighted by Gasteiger charge is 2.21. The van der Waals surface area contributed by atoms with Crippen molar-refractivity contribution >= 4 is 0 Å². The monoisotopic (exact) mass is 283 g/mol. The first-order valence-corrected chi connectivity index (χ1v) is 7.18. The van der Waals surface area contributed by atoms with Crippen LogP contribution in [0.15, 0.2) is 23.8 Å². The van der Waals surface area contributed by atoms with E-state index in [2.05, 4.69) is 11.4 Å². The van der Waals surface area contributed by atoms with Gasteiger partial charge in [0.1, 0.15) is 0 Å². The van der Waals surface area contributed by atoms with Gasteiger partial charge in [-0.1, -0.05) is 24.6 Å². The van der Waals surface area contributed by atoms with Crippen LogP contribution in [-0.4, -0.2) is 6.54 Å². The minimum Gasteiger partial charge on any atom is -0.310 e. The normalized spacial score (nSPS) is 16.9. The third-order valence-corrected chi connectivity index (χ3v) is 3.74. The second-order valence-corrected chi connectivity index (χ2v) is 5.19. The highest BCUT2D eigenvalue weighted by atomic mass is 19.2. The molecule has 0 saturated heterocycles. The quantitative estimate of drug-likeness (QED) is 0.613. The molecule has 2 rings (SSSR count). The van der Waals surface area contributed by atoms with Crippen molar-refractivity contribution in [2.24, 2.45) is 0 Å². The van der Waals surface area contributed by atoms with Gasteiger partial charge in [0, 0.05) is 11.6 Å². The third-order valence-electron chi connectivity index (χ3n) is 3.74. The van der Waals surface area contributed by atoms with E-state index in [1.165, 1.54) is 18.1 Å². The van der Waals surface area contributed by atoms with Crippen LogP contribution in [0.1, 0.15) is 50.6 Å². The number of rotatable bonds is 5. The molecule has 0 spiro atoms. The molecule has 1 aliphatic carbocycles. The van der Waals surface area contributed by atoms with Crippen LogP contribution in [0.5, 0.6) is 0 Å². The van der Waals surface area contributed by atoms with E-state index in [0.717, 1.165) is 25.3 Å². The molecule has 0 fully saturated rings. The summed E-state index contributed by atoms with van der Waals surface area (Å²) >= 11 is 0. The summed E-state index contributed by atoms with van der Waals surface area (Å²) in [7, 11) is 0. The molecule has 4 heteroatoms. The maximum Gasteiger partial charge on any atom is 0.194 e. The Kier molecular flexibility index (Phi) is 5.24. The largest absolute Gasteiger partial charge is 0.310 e. The molecule has 0 aliphatic heterocycles. The van der Waals surface area contributed by atoms with Gasteiger partial charge < -0.3 is 5.32 Å². The maximum atomic E-state index is 13.9. The van der Waals surface area contributed by atoms with Gasteiger partial charge in [-0.25, -0.2) is 13.2 Å². The number of hydrogen-bond donors (Lipinski definition) is 1. The van der Waals surface area contributed by atoms with Crippen LogP contribution in [0.3, 0.4) is 0 Å². The van der Waals surface area contributed by atoms with Crippen molar-refractivity contribution in [2.75, 3.05) is 6.54 Å². The van der Waals surface area contributed by atoms with Gasteiger partial charge in [-0.3, -0.25) is 0 Å². The van der Waals surface area contributed by atoms with Gasteiger partial charge in [0.25, 0.3) is 0 Å². The highest BCUT2D eigenvalue weighted by Crippen LogP contribution is 2.30. The fourth-order valence-corrected chi connectivity index (χ4v) is 2.70. The van der Waals surface area contributed by atoms with E-state index < -0.39 is 17.5 Å². The van der Waals surface area contributed by atoms with Crippen molar-refractivity contribution in [3.63, 3.8) is 0 Å². The van der Waals surface area contributed by atoms with E-state index in [0.29, 0.717) is 13.0 Å². The lowest BCUT2D eigenvalue weighted by Gasteiger charge is -2.22. The molecule has 20 heavy (non-hydrogen) atoms. The summed E-state index contributed by atoms with van der Waals surface area (Å²) in [6.07, 6.45) is 7.23. The lowest BCUT2D eigenvalue weighted by atomic mass is 9.91. The molecule has 1 atom stereocenters. The Morgan fingerprint density at radius 3 is 2.60 bits per heavy atom. The van der Waals surface area contributed by atoms with Crippen LogP contribution >= 0.6 is 0 Å². The van der Waals surface area contributed by atoms with E-state index >= 15 is 0 Å². The molecule has 1 aliphatic rings. The van der Waals surface area contributed by atoms with Crippen LogP contribution in [-0.2, 0) is 0 Å². The molecule has 1 nitrogen and oxygen atoms in total. The van der Waals surface area contributed by atoms with Crippen molar-refractivity contribution in [2.45, 2.75) is 45.1 Å². The second-order valence-electron chi connectivity index (χ2n) is 5.19. The topological polar surface area (TPSA) is 12.0 Å². The Balaban J connectivity index is 2.24. The number of allylic oxidation sites excluding steroid dienone is 1. The molecule has 1 unspecified atom stereocenters. The van der Waals surface area contributed by atoms with Crippen molar-refractivity contribution in [3.05, 3.63) is 46.8 Å². The summed E-state index contributed by atoms with van der Waals surface area (Å²) in [4.78, 5) is 0. The van der Waals surface area contributed by atoms with Gasteiger partial charge in [0.15, 0.2) is 17.5 Å². The van der Waals surface area contributed by atoms with Gasteiger partial charge >= 0.3 is 0 Å². The Morgan fingerprint density at radius 2 is 1.95 bits per heavy atom. The summed E-state index contributed by atoms with van der Waals surface area (Å²) < 4.78 is 40.3. The molecule has 1 aromatic rings. The molecular weight excluding hydrogens is 263 g/mol. The molecule has 1 aromatic carbocycles. The summed E-state index contributed by atoms with van der Waals surface area (Å²) in [5, 5.41) is 3.16. The molecule has 110 valence electrons. The van der Waals surface area contributed by atoms with E-state index in [1.807, 2.05) is 6.92 Å². The van der Waals surface area contributed by atoms with Gasteiger partial charge in [0.05, 0.1) is 0 Å². The zero-order valence-electron chi connectivity index (χ0n) is 11.7. The van der Waals surface area contributed by atoms with E-state index in [-0.39, 0.29) is 11.6 Å². The van der Waals surface area contributed by atoms with E-state index in [1.54, 1.807) is 0 Å². The van der Waals surface area contributed by atoms with Crippen LogP contribution in [0.25, 0.3) is 0 Å². The first-order valence-electron chi connectivity index (χ1n) is 7.18. The summed E-state index contributed by atoms with van der Waals surface area (Å²) in [6, 6.07) is 2.03. The Hall–Kier alpha value is -1.29. The van der Waals surface area contributed by atoms with E-state index in [4.69, 9.17) is 0 Å². The zero-order valence-corrected chi connectivity index (χ0v) is 11.7. The average molecular weight is 283 g/mol. The van der Waals surface area contributed by atoms with Crippen LogP contribution in [0.2, 0.25) is 0 Å². The number of nitrogens with one attached hydrogen (secondary N) is 1. The van der Waals surface area contributed by atoms with Crippen LogP contribution < -0.4 is 5.32 Å². The van der Waals surface area contributed by atoms with Crippen LogP contribution in [0.4, 0.5) is 13.2 Å². The number of halogens is 3.